The first-order valence-corrected chi connectivity index (χ1v) is 10.2. The van der Waals surface area contributed by atoms with Crippen molar-refractivity contribution in [1.82, 2.24) is 4.57 Å². The summed E-state index contributed by atoms with van der Waals surface area (Å²) in [5, 5.41) is 0. The monoisotopic (exact) mass is 431 g/mol. The van der Waals surface area contributed by atoms with Crippen LogP contribution in [0.25, 0.3) is 22.2 Å². The van der Waals surface area contributed by atoms with Crippen LogP contribution in [-0.2, 0) is 16.1 Å². The standard InChI is InChI=1S/C25H21NO6/c1-17(27)31-21-13-11-19(12-14-21)18-7-9-20(10-8-18)24(28)30-16-4-15-26-22-5-2-3-6-23(22)32-25(26)29/h2-3,5-14H,4,15-16H2,1H3. The van der Waals surface area contributed by atoms with E-state index in [1.165, 1.54) is 11.5 Å². The lowest BCUT2D eigenvalue weighted by molar-refractivity contribution is -0.131. The first kappa shape index (κ1) is 21.1. The molecule has 4 aromatic rings. The smallest absolute Gasteiger partial charge is 0.419 e. The highest BCUT2D eigenvalue weighted by Gasteiger charge is 2.10. The summed E-state index contributed by atoms with van der Waals surface area (Å²) in [5.74, 6) is -0.738. The lowest BCUT2D eigenvalue weighted by Crippen LogP contribution is -2.16. The molecule has 1 heterocycles. The number of benzene rings is 3. The van der Waals surface area contributed by atoms with Crippen molar-refractivity contribution >= 4 is 23.0 Å². The summed E-state index contributed by atoms with van der Waals surface area (Å²) in [7, 11) is 0. The molecule has 0 amide bonds. The Kier molecular flexibility index (Phi) is 6.17. The van der Waals surface area contributed by atoms with Crippen molar-refractivity contribution in [2.45, 2.75) is 19.9 Å². The zero-order valence-corrected chi connectivity index (χ0v) is 17.4. The molecule has 0 radical (unpaired) electrons. The Balaban J connectivity index is 1.31. The van der Waals surface area contributed by atoms with Crippen molar-refractivity contribution in [1.29, 1.82) is 0 Å². The molecule has 0 aliphatic rings. The van der Waals surface area contributed by atoms with Gasteiger partial charge in [0.2, 0.25) is 0 Å². The molecular formula is C25H21NO6. The van der Waals surface area contributed by atoms with Crippen LogP contribution in [0.5, 0.6) is 5.75 Å². The minimum absolute atomic E-state index is 0.185. The van der Waals surface area contributed by atoms with E-state index in [1.807, 2.05) is 36.4 Å². The second-order valence-electron chi connectivity index (χ2n) is 7.17. The highest BCUT2D eigenvalue weighted by atomic mass is 16.5. The van der Waals surface area contributed by atoms with Gasteiger partial charge in [0.25, 0.3) is 0 Å². The Morgan fingerprint density at radius 3 is 2.25 bits per heavy atom. The molecule has 0 unspecified atom stereocenters. The lowest BCUT2D eigenvalue weighted by Gasteiger charge is -2.07. The molecule has 162 valence electrons. The van der Waals surface area contributed by atoms with Crippen LogP contribution in [0.15, 0.2) is 82.0 Å². The molecule has 7 nitrogen and oxygen atoms in total. The third-order valence-corrected chi connectivity index (χ3v) is 4.90. The maximum absolute atomic E-state index is 12.3. The molecule has 0 atom stereocenters. The van der Waals surface area contributed by atoms with Gasteiger partial charge in [-0.1, -0.05) is 36.4 Å². The maximum atomic E-state index is 12.3. The van der Waals surface area contributed by atoms with Gasteiger partial charge in [-0.25, -0.2) is 9.59 Å². The van der Waals surface area contributed by atoms with E-state index < -0.39 is 11.7 Å². The fourth-order valence-electron chi connectivity index (χ4n) is 3.38. The maximum Gasteiger partial charge on any atom is 0.419 e. The minimum atomic E-state index is -0.425. The van der Waals surface area contributed by atoms with Crippen molar-refractivity contribution in [3.05, 3.63) is 88.9 Å². The third-order valence-electron chi connectivity index (χ3n) is 4.90. The predicted octanol–water partition coefficient (Wildman–Crippen LogP) is 4.43. The molecule has 0 aliphatic heterocycles. The predicted molar refractivity (Wildman–Crippen MR) is 119 cm³/mol. The number of hydrogen-bond acceptors (Lipinski definition) is 6. The van der Waals surface area contributed by atoms with Gasteiger partial charge < -0.3 is 13.9 Å². The summed E-state index contributed by atoms with van der Waals surface area (Å²) in [6.07, 6.45) is 0.488. The molecule has 0 bridgehead atoms. The number of nitrogens with zero attached hydrogens (tertiary/aromatic N) is 1. The van der Waals surface area contributed by atoms with Gasteiger partial charge in [0, 0.05) is 13.5 Å². The van der Waals surface area contributed by atoms with Crippen LogP contribution in [0.3, 0.4) is 0 Å². The minimum Gasteiger partial charge on any atom is -0.462 e. The number of fused-ring (bicyclic) bond motifs is 1. The van der Waals surface area contributed by atoms with Gasteiger partial charge in [0.05, 0.1) is 17.7 Å². The molecule has 3 aromatic carbocycles. The average Bonchev–Trinajstić information content (AvgIpc) is 3.12. The molecule has 0 saturated carbocycles. The van der Waals surface area contributed by atoms with Gasteiger partial charge >= 0.3 is 17.7 Å². The zero-order chi connectivity index (χ0) is 22.5. The van der Waals surface area contributed by atoms with E-state index in [-0.39, 0.29) is 12.6 Å². The number of ether oxygens (including phenoxy) is 2. The number of aromatic nitrogens is 1. The normalized spacial score (nSPS) is 10.8. The Hall–Kier alpha value is -4.13. The van der Waals surface area contributed by atoms with E-state index in [0.29, 0.717) is 29.9 Å². The Labute approximate surface area is 183 Å². The van der Waals surface area contributed by atoms with Crippen LogP contribution in [-0.4, -0.2) is 23.1 Å². The van der Waals surface area contributed by atoms with Crippen molar-refractivity contribution in [2.24, 2.45) is 0 Å². The summed E-state index contributed by atoms with van der Waals surface area (Å²) in [5.41, 5.74) is 3.55. The van der Waals surface area contributed by atoms with Crippen LogP contribution in [0.4, 0.5) is 0 Å². The van der Waals surface area contributed by atoms with Gasteiger partial charge in [-0.2, -0.15) is 0 Å². The fraction of sp³-hybridized carbons (Fsp3) is 0.160. The number of para-hydroxylation sites is 2. The number of esters is 2. The molecule has 0 aliphatic carbocycles. The number of carbonyl (C=O) groups is 2. The number of carbonyl (C=O) groups excluding carboxylic acids is 2. The quantitative estimate of drug-likeness (QED) is 0.244. The van der Waals surface area contributed by atoms with E-state index in [1.54, 1.807) is 36.4 Å². The Morgan fingerprint density at radius 2 is 1.56 bits per heavy atom. The zero-order valence-electron chi connectivity index (χ0n) is 17.4. The number of aryl methyl sites for hydroxylation is 1. The van der Waals surface area contributed by atoms with E-state index >= 15 is 0 Å². The van der Waals surface area contributed by atoms with Gasteiger partial charge in [0.15, 0.2) is 5.58 Å². The molecule has 32 heavy (non-hydrogen) atoms. The van der Waals surface area contributed by atoms with Crippen molar-refractivity contribution < 1.29 is 23.5 Å². The molecule has 0 fully saturated rings. The molecule has 7 heteroatoms. The summed E-state index contributed by atoms with van der Waals surface area (Å²) in [6, 6.07) is 21.4. The third kappa shape index (κ3) is 4.78. The molecule has 0 N–H and O–H groups in total. The first-order chi connectivity index (χ1) is 15.5. The largest absolute Gasteiger partial charge is 0.462 e. The molecule has 1 aromatic heterocycles. The van der Waals surface area contributed by atoms with Crippen molar-refractivity contribution in [2.75, 3.05) is 6.61 Å². The SMILES string of the molecule is CC(=O)Oc1ccc(-c2ccc(C(=O)OCCCn3c(=O)oc4ccccc43)cc2)cc1. The van der Waals surface area contributed by atoms with Gasteiger partial charge in [-0.05, 0) is 53.9 Å². The molecular weight excluding hydrogens is 410 g/mol. The first-order valence-electron chi connectivity index (χ1n) is 10.2. The topological polar surface area (TPSA) is 87.7 Å². The Morgan fingerprint density at radius 1 is 0.906 bits per heavy atom. The molecule has 4 rings (SSSR count). The van der Waals surface area contributed by atoms with Crippen LogP contribution < -0.4 is 10.5 Å². The summed E-state index contributed by atoms with van der Waals surface area (Å²) >= 11 is 0. The van der Waals surface area contributed by atoms with Gasteiger partial charge in [0.1, 0.15) is 5.75 Å². The van der Waals surface area contributed by atoms with Crippen LogP contribution in [0.2, 0.25) is 0 Å². The fourth-order valence-corrected chi connectivity index (χ4v) is 3.38. The van der Waals surface area contributed by atoms with Gasteiger partial charge in [-0.15, -0.1) is 0 Å². The van der Waals surface area contributed by atoms with E-state index in [2.05, 4.69) is 0 Å². The van der Waals surface area contributed by atoms with Crippen LogP contribution in [0.1, 0.15) is 23.7 Å². The van der Waals surface area contributed by atoms with Gasteiger partial charge in [-0.3, -0.25) is 9.36 Å². The average molecular weight is 431 g/mol. The van der Waals surface area contributed by atoms with E-state index in [0.717, 1.165) is 16.6 Å². The van der Waals surface area contributed by atoms with Crippen molar-refractivity contribution in [3.63, 3.8) is 0 Å². The second-order valence-corrected chi connectivity index (χ2v) is 7.17. The Bertz CT molecular complexity index is 1300. The van der Waals surface area contributed by atoms with E-state index in [4.69, 9.17) is 13.9 Å². The highest BCUT2D eigenvalue weighted by Crippen LogP contribution is 2.23. The number of oxazole rings is 1. The summed E-state index contributed by atoms with van der Waals surface area (Å²) in [6.45, 7) is 1.93. The summed E-state index contributed by atoms with van der Waals surface area (Å²) < 4.78 is 17.1. The van der Waals surface area contributed by atoms with Crippen LogP contribution in [0, 0.1) is 0 Å². The molecule has 0 saturated heterocycles. The highest BCUT2D eigenvalue weighted by molar-refractivity contribution is 5.90. The van der Waals surface area contributed by atoms with Crippen molar-refractivity contribution in [3.8, 4) is 16.9 Å². The van der Waals surface area contributed by atoms with E-state index in [9.17, 15) is 14.4 Å². The summed E-state index contributed by atoms with van der Waals surface area (Å²) in [4.78, 5) is 35.3. The number of rotatable bonds is 7. The molecule has 0 spiro atoms. The van der Waals surface area contributed by atoms with Crippen LogP contribution >= 0.6 is 0 Å². The lowest BCUT2D eigenvalue weighted by atomic mass is 10.0. The second kappa shape index (κ2) is 9.34. The number of hydrogen-bond donors (Lipinski definition) is 0.